The number of hydrazone groups is 1. The molecule has 1 aromatic heterocycles. The third kappa shape index (κ3) is 5.78. The molecule has 0 saturated heterocycles. The quantitative estimate of drug-likeness (QED) is 0.252. The van der Waals surface area contributed by atoms with E-state index in [2.05, 4.69) is 25.4 Å². The zero-order valence-corrected chi connectivity index (χ0v) is 21.4. The summed E-state index contributed by atoms with van der Waals surface area (Å²) >= 11 is 11.6. The molecule has 0 amide bonds. The lowest BCUT2D eigenvalue weighted by Gasteiger charge is -2.13. The van der Waals surface area contributed by atoms with E-state index >= 15 is 0 Å². The summed E-state index contributed by atoms with van der Waals surface area (Å²) in [5, 5.41) is 11.0. The predicted octanol–water partition coefficient (Wildman–Crippen LogP) is 1.37. The standard InChI is InChI=1S/C20H19Cl2N7O5S2/c21-13-3-1-12(2-4-13)20(30)19-16(9-24-27-19)35(31,32)10-17-25-26-18(29(17)23)11-36(33,34)28-15-7-5-14(22)6-8-15/h1-8,16,24,28H,9-11,23H2/t16-/m0/s1. The number of Topliss-reactive ketones (excluding diaryl/α,β-unsaturated/α-hetero) is 1. The number of nitrogens with one attached hydrogen (secondary N) is 2. The molecule has 1 atom stereocenters. The summed E-state index contributed by atoms with van der Waals surface area (Å²) in [6, 6.07) is 11.9. The molecule has 36 heavy (non-hydrogen) atoms. The lowest BCUT2D eigenvalue weighted by atomic mass is 10.1. The Bertz CT molecular complexity index is 1540. The molecule has 190 valence electrons. The first-order chi connectivity index (χ1) is 16.9. The third-order valence-corrected chi connectivity index (χ3v) is 8.76. The lowest BCUT2D eigenvalue weighted by molar-refractivity contribution is 0.106. The van der Waals surface area contributed by atoms with E-state index in [4.69, 9.17) is 29.0 Å². The van der Waals surface area contributed by atoms with Crippen molar-refractivity contribution < 1.29 is 21.6 Å². The first-order valence-corrected chi connectivity index (χ1v) is 14.3. The normalized spacial score (nSPS) is 15.8. The summed E-state index contributed by atoms with van der Waals surface area (Å²) in [7, 11) is -8.00. The number of nitrogen functional groups attached to an aromatic ring is 1. The number of ketones is 1. The van der Waals surface area contributed by atoms with Gasteiger partial charge in [0.05, 0.1) is 6.54 Å². The number of nitrogens with two attached hydrogens (primary N) is 1. The minimum absolute atomic E-state index is 0.123. The van der Waals surface area contributed by atoms with E-state index in [0.29, 0.717) is 10.0 Å². The fourth-order valence-electron chi connectivity index (χ4n) is 3.37. The topological polar surface area (TPSA) is 178 Å². The van der Waals surface area contributed by atoms with Crippen molar-refractivity contribution in [1.29, 1.82) is 0 Å². The summed E-state index contributed by atoms with van der Waals surface area (Å²) in [4.78, 5) is 12.8. The van der Waals surface area contributed by atoms with E-state index in [-0.39, 0.29) is 35.2 Å². The second-order valence-electron chi connectivity index (χ2n) is 7.76. The highest BCUT2D eigenvalue weighted by molar-refractivity contribution is 7.92. The largest absolute Gasteiger partial charge is 0.336 e. The van der Waals surface area contributed by atoms with Crippen LogP contribution in [0.1, 0.15) is 22.0 Å². The van der Waals surface area contributed by atoms with Crippen LogP contribution in [0.3, 0.4) is 0 Å². The molecule has 4 N–H and O–H groups in total. The van der Waals surface area contributed by atoms with Crippen molar-refractivity contribution in [3.63, 3.8) is 0 Å². The van der Waals surface area contributed by atoms with Crippen LogP contribution >= 0.6 is 23.2 Å². The van der Waals surface area contributed by atoms with Crippen molar-refractivity contribution in [1.82, 2.24) is 20.3 Å². The van der Waals surface area contributed by atoms with Gasteiger partial charge in [0, 0.05) is 21.3 Å². The highest BCUT2D eigenvalue weighted by Crippen LogP contribution is 2.19. The molecule has 1 aliphatic heterocycles. The molecule has 0 spiro atoms. The summed E-state index contributed by atoms with van der Waals surface area (Å²) < 4.78 is 54.5. The monoisotopic (exact) mass is 571 g/mol. The van der Waals surface area contributed by atoms with Gasteiger partial charge in [-0.05, 0) is 48.5 Å². The van der Waals surface area contributed by atoms with Crippen LogP contribution in [0.2, 0.25) is 10.0 Å². The average Bonchev–Trinajstić information content (AvgIpc) is 3.44. The molecule has 0 bridgehead atoms. The van der Waals surface area contributed by atoms with Gasteiger partial charge < -0.3 is 11.3 Å². The molecule has 16 heteroatoms. The molecule has 2 heterocycles. The van der Waals surface area contributed by atoms with Crippen LogP contribution in [0, 0.1) is 0 Å². The first-order valence-electron chi connectivity index (χ1n) is 10.2. The van der Waals surface area contributed by atoms with Crippen molar-refractivity contribution in [2.45, 2.75) is 16.8 Å². The van der Waals surface area contributed by atoms with Crippen LogP contribution in [0.25, 0.3) is 0 Å². The van der Waals surface area contributed by atoms with E-state index in [0.717, 1.165) is 4.68 Å². The maximum atomic E-state index is 13.1. The van der Waals surface area contributed by atoms with E-state index in [9.17, 15) is 21.6 Å². The number of benzene rings is 2. The van der Waals surface area contributed by atoms with Gasteiger partial charge in [-0.25, -0.2) is 21.5 Å². The van der Waals surface area contributed by atoms with Gasteiger partial charge in [0.1, 0.15) is 22.5 Å². The molecule has 0 saturated carbocycles. The van der Waals surface area contributed by atoms with Gasteiger partial charge in [-0.15, -0.1) is 10.2 Å². The number of nitrogens with zero attached hydrogens (tertiary/aromatic N) is 4. The minimum Gasteiger partial charge on any atom is -0.336 e. The van der Waals surface area contributed by atoms with Crippen LogP contribution in [0.15, 0.2) is 53.6 Å². The summed E-state index contributed by atoms with van der Waals surface area (Å²) in [5.74, 6) is 3.62. The van der Waals surface area contributed by atoms with Gasteiger partial charge in [-0.3, -0.25) is 9.52 Å². The molecule has 3 aromatic rings. The Balaban J connectivity index is 1.49. The molecule has 4 rings (SSSR count). The lowest BCUT2D eigenvalue weighted by Crippen LogP contribution is -2.37. The van der Waals surface area contributed by atoms with Gasteiger partial charge in [-0.1, -0.05) is 23.2 Å². The Hall–Kier alpha value is -3.20. The number of halogens is 2. The minimum atomic E-state index is -4.05. The molecular weight excluding hydrogens is 553 g/mol. The number of aromatic nitrogens is 3. The van der Waals surface area contributed by atoms with Gasteiger partial charge >= 0.3 is 0 Å². The van der Waals surface area contributed by atoms with Crippen molar-refractivity contribution >= 4 is 60.2 Å². The van der Waals surface area contributed by atoms with Gasteiger partial charge in [-0.2, -0.15) is 5.10 Å². The highest BCUT2D eigenvalue weighted by Gasteiger charge is 2.39. The number of rotatable bonds is 9. The van der Waals surface area contributed by atoms with Crippen LogP contribution in [0.5, 0.6) is 0 Å². The summed E-state index contributed by atoms with van der Waals surface area (Å²) in [6.45, 7) is -0.123. The van der Waals surface area contributed by atoms with Crippen LogP contribution in [0.4, 0.5) is 5.69 Å². The van der Waals surface area contributed by atoms with Gasteiger partial charge in [0.15, 0.2) is 21.5 Å². The van der Waals surface area contributed by atoms with Crippen molar-refractivity contribution in [3.05, 3.63) is 75.8 Å². The van der Waals surface area contributed by atoms with Crippen molar-refractivity contribution in [3.8, 4) is 0 Å². The second kappa shape index (κ2) is 10.0. The number of sulfonamides is 1. The molecule has 0 fully saturated rings. The average molecular weight is 572 g/mol. The molecule has 0 aliphatic carbocycles. The Kier molecular flexibility index (Phi) is 7.22. The Morgan fingerprint density at radius 3 is 2.14 bits per heavy atom. The second-order valence-corrected chi connectivity index (χ2v) is 12.5. The predicted molar refractivity (Wildman–Crippen MR) is 136 cm³/mol. The van der Waals surface area contributed by atoms with E-state index < -0.39 is 42.4 Å². The fraction of sp³-hybridized carbons (Fsp3) is 0.200. The third-order valence-electron chi connectivity index (χ3n) is 5.16. The first kappa shape index (κ1) is 25.9. The maximum absolute atomic E-state index is 13.1. The fourth-order valence-corrected chi connectivity index (χ4v) is 6.31. The molecule has 2 aromatic carbocycles. The van der Waals surface area contributed by atoms with Crippen molar-refractivity contribution in [2.24, 2.45) is 5.10 Å². The number of carbonyl (C=O) groups excluding carboxylic acids is 1. The number of hydrogen-bond acceptors (Lipinski definition) is 10. The summed E-state index contributed by atoms with van der Waals surface area (Å²) in [6.07, 6.45) is 0. The Morgan fingerprint density at radius 1 is 0.972 bits per heavy atom. The number of anilines is 1. The van der Waals surface area contributed by atoms with Gasteiger partial charge in [0.2, 0.25) is 15.8 Å². The molecular formula is C20H19Cl2N7O5S2. The Labute approximate surface area is 216 Å². The van der Waals surface area contributed by atoms with Crippen LogP contribution in [-0.4, -0.2) is 55.0 Å². The van der Waals surface area contributed by atoms with Crippen LogP contribution in [-0.2, 0) is 31.4 Å². The zero-order valence-electron chi connectivity index (χ0n) is 18.3. The molecule has 0 radical (unpaired) electrons. The maximum Gasteiger partial charge on any atom is 0.240 e. The van der Waals surface area contributed by atoms with E-state index in [1.807, 2.05) is 0 Å². The molecule has 0 unspecified atom stereocenters. The molecule has 12 nitrogen and oxygen atoms in total. The number of hydrogen-bond donors (Lipinski definition) is 3. The summed E-state index contributed by atoms with van der Waals surface area (Å²) in [5.41, 5.74) is 2.86. The SMILES string of the molecule is Nn1c(CS(=O)(=O)Nc2ccc(Cl)cc2)nnc1CS(=O)(=O)[C@H]1CNN=C1C(=O)c1ccc(Cl)cc1. The number of sulfone groups is 1. The van der Waals surface area contributed by atoms with Crippen LogP contribution < -0.4 is 16.0 Å². The van der Waals surface area contributed by atoms with E-state index in [1.165, 1.54) is 48.5 Å². The highest BCUT2D eigenvalue weighted by atomic mass is 35.5. The van der Waals surface area contributed by atoms with Gasteiger partial charge in [0.25, 0.3) is 0 Å². The smallest absolute Gasteiger partial charge is 0.240 e. The zero-order chi connectivity index (χ0) is 26.1. The molecule has 1 aliphatic rings. The van der Waals surface area contributed by atoms with Crippen molar-refractivity contribution in [2.75, 3.05) is 17.1 Å². The number of carbonyl (C=O) groups is 1. The Morgan fingerprint density at radius 2 is 1.53 bits per heavy atom. The van der Waals surface area contributed by atoms with E-state index in [1.54, 1.807) is 0 Å².